The molecule has 0 aromatic heterocycles. The Morgan fingerprint density at radius 1 is 1.07 bits per heavy atom. The zero-order valence-corrected chi connectivity index (χ0v) is 16.9. The number of aryl methyl sites for hydroxylation is 1. The first-order valence-electron chi connectivity index (χ1n) is 9.63. The molecule has 0 unspecified atom stereocenters. The maximum Gasteiger partial charge on any atom is 0.260 e. The SMILES string of the molecule is C/C=C/c1ccc(OCC(=O)N2CCN(c3cccc(C)c3)CC2)c(OC)c1. The number of rotatable bonds is 6. The molecule has 0 bridgehead atoms. The van der Waals surface area contributed by atoms with Gasteiger partial charge in [-0.15, -0.1) is 0 Å². The summed E-state index contributed by atoms with van der Waals surface area (Å²) in [5.41, 5.74) is 3.50. The van der Waals surface area contributed by atoms with Gasteiger partial charge in [-0.3, -0.25) is 4.79 Å². The Labute approximate surface area is 167 Å². The highest BCUT2D eigenvalue weighted by Gasteiger charge is 2.22. The second-order valence-electron chi connectivity index (χ2n) is 6.91. The average Bonchev–Trinajstić information content (AvgIpc) is 2.73. The van der Waals surface area contributed by atoms with Gasteiger partial charge in [0, 0.05) is 31.9 Å². The molecule has 28 heavy (non-hydrogen) atoms. The van der Waals surface area contributed by atoms with Gasteiger partial charge in [0.2, 0.25) is 0 Å². The first kappa shape index (κ1) is 19.8. The van der Waals surface area contributed by atoms with Crippen LogP contribution in [0.15, 0.2) is 48.5 Å². The summed E-state index contributed by atoms with van der Waals surface area (Å²) in [5.74, 6) is 1.22. The minimum atomic E-state index is 0.00322. The first-order valence-corrected chi connectivity index (χ1v) is 9.63. The molecule has 0 spiro atoms. The van der Waals surface area contributed by atoms with Crippen LogP contribution in [0.3, 0.4) is 0 Å². The molecule has 5 heteroatoms. The van der Waals surface area contributed by atoms with E-state index in [-0.39, 0.29) is 12.5 Å². The van der Waals surface area contributed by atoms with Crippen molar-refractivity contribution in [3.8, 4) is 11.5 Å². The lowest BCUT2D eigenvalue weighted by atomic mass is 10.2. The lowest BCUT2D eigenvalue weighted by Gasteiger charge is -2.36. The lowest BCUT2D eigenvalue weighted by molar-refractivity contribution is -0.133. The second kappa shape index (κ2) is 9.31. The molecule has 148 valence electrons. The zero-order chi connectivity index (χ0) is 19.9. The van der Waals surface area contributed by atoms with E-state index in [0.29, 0.717) is 24.6 Å². The van der Waals surface area contributed by atoms with Crippen molar-refractivity contribution in [2.45, 2.75) is 13.8 Å². The molecule has 3 rings (SSSR count). The maximum atomic E-state index is 12.6. The molecule has 0 saturated carbocycles. The molecule has 1 fully saturated rings. The standard InChI is InChI=1S/C23H28N2O3/c1-4-6-19-9-10-21(22(16-19)27-3)28-17-23(26)25-13-11-24(12-14-25)20-8-5-7-18(2)15-20/h4-10,15-16H,11-14,17H2,1-3H3/b6-4+. The highest BCUT2D eigenvalue weighted by Crippen LogP contribution is 2.28. The number of amides is 1. The van der Waals surface area contributed by atoms with E-state index >= 15 is 0 Å². The number of methoxy groups -OCH3 is 1. The van der Waals surface area contributed by atoms with Crippen molar-refractivity contribution in [2.24, 2.45) is 0 Å². The second-order valence-corrected chi connectivity index (χ2v) is 6.91. The van der Waals surface area contributed by atoms with Crippen molar-refractivity contribution in [2.75, 3.05) is 44.8 Å². The summed E-state index contributed by atoms with van der Waals surface area (Å²) < 4.78 is 11.1. The molecule has 5 nitrogen and oxygen atoms in total. The monoisotopic (exact) mass is 380 g/mol. The quantitative estimate of drug-likeness (QED) is 0.765. The fourth-order valence-electron chi connectivity index (χ4n) is 3.37. The minimum Gasteiger partial charge on any atom is -0.493 e. The number of hydrogen-bond donors (Lipinski definition) is 0. The van der Waals surface area contributed by atoms with E-state index in [0.717, 1.165) is 18.7 Å². The number of benzene rings is 2. The van der Waals surface area contributed by atoms with E-state index in [2.05, 4.69) is 36.1 Å². The summed E-state index contributed by atoms with van der Waals surface area (Å²) in [6, 6.07) is 14.2. The van der Waals surface area contributed by atoms with E-state index in [1.54, 1.807) is 7.11 Å². The van der Waals surface area contributed by atoms with Crippen LogP contribution in [0.25, 0.3) is 6.08 Å². The zero-order valence-electron chi connectivity index (χ0n) is 16.9. The maximum absolute atomic E-state index is 12.6. The molecule has 1 aliphatic rings. The molecular weight excluding hydrogens is 352 g/mol. The Morgan fingerprint density at radius 2 is 1.86 bits per heavy atom. The van der Waals surface area contributed by atoms with Crippen molar-refractivity contribution in [3.05, 3.63) is 59.7 Å². The van der Waals surface area contributed by atoms with E-state index in [4.69, 9.17) is 9.47 Å². The molecule has 2 aromatic carbocycles. The molecule has 1 aliphatic heterocycles. The predicted molar refractivity (Wildman–Crippen MR) is 113 cm³/mol. The van der Waals surface area contributed by atoms with Gasteiger partial charge in [0.25, 0.3) is 5.91 Å². The van der Waals surface area contributed by atoms with Crippen LogP contribution in [-0.4, -0.2) is 50.7 Å². The Balaban J connectivity index is 1.54. The fraction of sp³-hybridized carbons (Fsp3) is 0.348. The van der Waals surface area contributed by atoms with Gasteiger partial charge in [0.1, 0.15) is 0 Å². The van der Waals surface area contributed by atoms with Crippen molar-refractivity contribution in [1.82, 2.24) is 4.90 Å². The molecular formula is C23H28N2O3. The van der Waals surface area contributed by atoms with Gasteiger partial charge in [-0.1, -0.05) is 30.4 Å². The van der Waals surface area contributed by atoms with Gasteiger partial charge in [-0.05, 0) is 49.2 Å². The number of hydrogen-bond acceptors (Lipinski definition) is 4. The number of ether oxygens (including phenoxy) is 2. The first-order chi connectivity index (χ1) is 13.6. The molecule has 0 N–H and O–H groups in total. The normalized spacial score (nSPS) is 14.4. The van der Waals surface area contributed by atoms with Crippen molar-refractivity contribution < 1.29 is 14.3 Å². The Morgan fingerprint density at radius 3 is 2.54 bits per heavy atom. The van der Waals surface area contributed by atoms with Crippen molar-refractivity contribution in [3.63, 3.8) is 0 Å². The molecule has 1 amide bonds. The highest BCUT2D eigenvalue weighted by atomic mass is 16.5. The van der Waals surface area contributed by atoms with Crippen LogP contribution in [0, 0.1) is 6.92 Å². The molecule has 0 radical (unpaired) electrons. The smallest absolute Gasteiger partial charge is 0.260 e. The van der Waals surface area contributed by atoms with Crippen LogP contribution in [0.1, 0.15) is 18.1 Å². The predicted octanol–water partition coefficient (Wildman–Crippen LogP) is 3.76. The largest absolute Gasteiger partial charge is 0.493 e. The van der Waals surface area contributed by atoms with Crippen LogP contribution in [0.5, 0.6) is 11.5 Å². The highest BCUT2D eigenvalue weighted by molar-refractivity contribution is 5.78. The number of carbonyl (C=O) groups is 1. The van der Waals surface area contributed by atoms with Gasteiger partial charge in [0.05, 0.1) is 7.11 Å². The minimum absolute atomic E-state index is 0.00322. The number of nitrogens with zero attached hydrogens (tertiary/aromatic N) is 2. The van der Waals surface area contributed by atoms with Gasteiger partial charge in [-0.25, -0.2) is 0 Å². The number of piperazine rings is 1. The fourth-order valence-corrected chi connectivity index (χ4v) is 3.37. The van der Waals surface area contributed by atoms with Crippen LogP contribution >= 0.6 is 0 Å². The summed E-state index contributed by atoms with van der Waals surface area (Å²) in [6.07, 6.45) is 3.96. The third kappa shape index (κ3) is 4.85. The Bertz CT molecular complexity index is 839. The summed E-state index contributed by atoms with van der Waals surface area (Å²) in [6.45, 7) is 7.14. The van der Waals surface area contributed by atoms with E-state index in [1.165, 1.54) is 11.3 Å². The van der Waals surface area contributed by atoms with Gasteiger partial charge < -0.3 is 19.3 Å². The number of anilines is 1. The van der Waals surface area contributed by atoms with E-state index in [1.807, 2.05) is 42.2 Å². The number of carbonyl (C=O) groups excluding carboxylic acids is 1. The molecule has 0 atom stereocenters. The lowest BCUT2D eigenvalue weighted by Crippen LogP contribution is -2.50. The molecule has 2 aromatic rings. The topological polar surface area (TPSA) is 42.0 Å². The van der Waals surface area contributed by atoms with E-state index < -0.39 is 0 Å². The number of allylic oxidation sites excluding steroid dienone is 1. The van der Waals surface area contributed by atoms with Crippen molar-refractivity contribution >= 4 is 17.7 Å². The van der Waals surface area contributed by atoms with Gasteiger partial charge in [0.15, 0.2) is 18.1 Å². The third-order valence-corrected chi connectivity index (χ3v) is 4.90. The molecule has 1 saturated heterocycles. The van der Waals surface area contributed by atoms with Gasteiger partial charge in [-0.2, -0.15) is 0 Å². The Kier molecular flexibility index (Phi) is 6.58. The van der Waals surface area contributed by atoms with E-state index in [9.17, 15) is 4.79 Å². The summed E-state index contributed by atoms with van der Waals surface area (Å²) >= 11 is 0. The Hall–Kier alpha value is -2.95. The molecule has 1 heterocycles. The third-order valence-electron chi connectivity index (χ3n) is 4.90. The van der Waals surface area contributed by atoms with Crippen LogP contribution < -0.4 is 14.4 Å². The van der Waals surface area contributed by atoms with Crippen LogP contribution in [0.2, 0.25) is 0 Å². The average molecular weight is 380 g/mol. The van der Waals surface area contributed by atoms with Crippen LogP contribution in [-0.2, 0) is 4.79 Å². The van der Waals surface area contributed by atoms with Crippen molar-refractivity contribution in [1.29, 1.82) is 0 Å². The summed E-state index contributed by atoms with van der Waals surface area (Å²) in [4.78, 5) is 16.8. The molecule has 0 aliphatic carbocycles. The van der Waals surface area contributed by atoms with Gasteiger partial charge >= 0.3 is 0 Å². The summed E-state index contributed by atoms with van der Waals surface area (Å²) in [5, 5.41) is 0. The van der Waals surface area contributed by atoms with Crippen LogP contribution in [0.4, 0.5) is 5.69 Å². The summed E-state index contributed by atoms with van der Waals surface area (Å²) in [7, 11) is 1.61.